The molecule has 0 amide bonds. The Kier molecular flexibility index (Phi) is 5.49. The van der Waals surface area contributed by atoms with Gasteiger partial charge in [-0.15, -0.1) is 0 Å². The predicted molar refractivity (Wildman–Crippen MR) is 60.5 cm³/mol. The topological polar surface area (TPSA) is 21.3 Å². The molecule has 1 N–H and O–H groups in total. The largest absolute Gasteiger partial charge is 0.380 e. The van der Waals surface area contributed by atoms with Crippen molar-refractivity contribution >= 4 is 0 Å². The van der Waals surface area contributed by atoms with Crippen molar-refractivity contribution in [1.82, 2.24) is 5.32 Å². The summed E-state index contributed by atoms with van der Waals surface area (Å²) in [6.45, 7) is 9.49. The molecule has 1 saturated carbocycles. The van der Waals surface area contributed by atoms with E-state index in [1.165, 1.54) is 19.3 Å². The van der Waals surface area contributed by atoms with Crippen LogP contribution in [0.4, 0.5) is 0 Å². The second-order valence-electron chi connectivity index (χ2n) is 5.04. The van der Waals surface area contributed by atoms with Crippen molar-refractivity contribution in [2.45, 2.75) is 46.1 Å². The number of rotatable bonds is 6. The van der Waals surface area contributed by atoms with E-state index in [9.17, 15) is 0 Å². The minimum absolute atomic E-state index is 0.654. The molecule has 0 spiro atoms. The molecule has 1 aliphatic carbocycles. The first-order chi connectivity index (χ1) is 6.68. The summed E-state index contributed by atoms with van der Waals surface area (Å²) < 4.78 is 5.52. The van der Waals surface area contributed by atoms with Crippen molar-refractivity contribution < 1.29 is 4.74 Å². The molecule has 0 aromatic rings. The summed E-state index contributed by atoms with van der Waals surface area (Å²) in [4.78, 5) is 0. The normalized spacial score (nSPS) is 27.4. The maximum absolute atomic E-state index is 5.52. The maximum Gasteiger partial charge on any atom is 0.0591 e. The van der Waals surface area contributed by atoms with Crippen LogP contribution in [0.15, 0.2) is 0 Å². The van der Waals surface area contributed by atoms with Crippen LogP contribution in [-0.2, 0) is 4.74 Å². The molecule has 0 aromatic carbocycles. The van der Waals surface area contributed by atoms with Crippen LogP contribution in [-0.4, -0.2) is 25.8 Å². The molecule has 0 radical (unpaired) electrons. The molecule has 0 saturated heterocycles. The van der Waals surface area contributed by atoms with Gasteiger partial charge in [0, 0.05) is 19.2 Å². The Morgan fingerprint density at radius 2 is 2.14 bits per heavy atom. The van der Waals surface area contributed by atoms with E-state index in [2.05, 4.69) is 26.1 Å². The van der Waals surface area contributed by atoms with E-state index in [1.54, 1.807) is 0 Å². The van der Waals surface area contributed by atoms with Crippen molar-refractivity contribution in [2.75, 3.05) is 19.8 Å². The molecule has 1 fully saturated rings. The average molecular weight is 199 g/mol. The molecule has 2 nitrogen and oxygen atoms in total. The average Bonchev–Trinajstić information content (AvgIpc) is 2.50. The summed E-state index contributed by atoms with van der Waals surface area (Å²) in [5.41, 5.74) is 0. The number of ether oxygens (including phenoxy) is 1. The maximum atomic E-state index is 5.52. The van der Waals surface area contributed by atoms with Crippen LogP contribution in [0.3, 0.4) is 0 Å². The molecule has 2 unspecified atom stereocenters. The SMILES string of the molecule is CC(C)COCCNC1CCC(C)C1. The van der Waals surface area contributed by atoms with Crippen LogP contribution in [0.1, 0.15) is 40.0 Å². The Balaban J connectivity index is 1.89. The summed E-state index contributed by atoms with van der Waals surface area (Å²) in [6, 6.07) is 0.757. The number of hydrogen-bond acceptors (Lipinski definition) is 2. The Morgan fingerprint density at radius 1 is 1.36 bits per heavy atom. The van der Waals surface area contributed by atoms with Gasteiger partial charge in [-0.2, -0.15) is 0 Å². The molecule has 2 atom stereocenters. The summed E-state index contributed by atoms with van der Waals surface area (Å²) >= 11 is 0. The smallest absolute Gasteiger partial charge is 0.0591 e. The first-order valence-corrected chi connectivity index (χ1v) is 5.99. The van der Waals surface area contributed by atoms with Gasteiger partial charge in [0.05, 0.1) is 6.61 Å². The zero-order valence-electron chi connectivity index (χ0n) is 9.88. The quantitative estimate of drug-likeness (QED) is 0.663. The van der Waals surface area contributed by atoms with Crippen LogP contribution in [0.25, 0.3) is 0 Å². The van der Waals surface area contributed by atoms with Gasteiger partial charge in [0.15, 0.2) is 0 Å². The molecule has 0 bridgehead atoms. The zero-order chi connectivity index (χ0) is 10.4. The molecule has 0 aromatic heterocycles. The van der Waals surface area contributed by atoms with Gasteiger partial charge in [-0.1, -0.05) is 20.8 Å². The van der Waals surface area contributed by atoms with Gasteiger partial charge < -0.3 is 10.1 Å². The molecular weight excluding hydrogens is 174 g/mol. The van der Waals surface area contributed by atoms with Crippen molar-refractivity contribution in [3.8, 4) is 0 Å². The fourth-order valence-electron chi connectivity index (χ4n) is 2.05. The second kappa shape index (κ2) is 6.41. The molecule has 1 rings (SSSR count). The highest BCUT2D eigenvalue weighted by molar-refractivity contribution is 4.77. The van der Waals surface area contributed by atoms with E-state index in [1.807, 2.05) is 0 Å². The highest BCUT2D eigenvalue weighted by Gasteiger charge is 2.19. The minimum atomic E-state index is 0.654. The molecule has 2 heteroatoms. The van der Waals surface area contributed by atoms with Crippen molar-refractivity contribution in [3.05, 3.63) is 0 Å². The van der Waals surface area contributed by atoms with Gasteiger partial charge in [0.25, 0.3) is 0 Å². The number of hydrogen-bond donors (Lipinski definition) is 1. The summed E-state index contributed by atoms with van der Waals surface area (Å²) in [7, 11) is 0. The zero-order valence-corrected chi connectivity index (χ0v) is 9.88. The van der Waals surface area contributed by atoms with Crippen LogP contribution >= 0.6 is 0 Å². The highest BCUT2D eigenvalue weighted by atomic mass is 16.5. The lowest BCUT2D eigenvalue weighted by molar-refractivity contribution is 0.110. The van der Waals surface area contributed by atoms with Gasteiger partial charge in [-0.3, -0.25) is 0 Å². The van der Waals surface area contributed by atoms with E-state index in [-0.39, 0.29) is 0 Å². The molecule has 0 aliphatic heterocycles. The first kappa shape index (κ1) is 12.0. The fourth-order valence-corrected chi connectivity index (χ4v) is 2.05. The summed E-state index contributed by atoms with van der Waals surface area (Å²) in [5.74, 6) is 1.57. The van der Waals surface area contributed by atoms with Crippen molar-refractivity contribution in [1.29, 1.82) is 0 Å². The third-order valence-corrected chi connectivity index (χ3v) is 2.83. The molecule has 14 heavy (non-hydrogen) atoms. The van der Waals surface area contributed by atoms with Crippen LogP contribution in [0.2, 0.25) is 0 Å². The Labute approximate surface area is 88.4 Å². The molecule has 84 valence electrons. The lowest BCUT2D eigenvalue weighted by Crippen LogP contribution is -2.30. The first-order valence-electron chi connectivity index (χ1n) is 5.99. The summed E-state index contributed by atoms with van der Waals surface area (Å²) in [6.07, 6.45) is 4.10. The third-order valence-electron chi connectivity index (χ3n) is 2.83. The Hall–Kier alpha value is -0.0800. The van der Waals surface area contributed by atoms with E-state index < -0.39 is 0 Å². The molecule has 1 aliphatic rings. The number of nitrogens with one attached hydrogen (secondary N) is 1. The van der Waals surface area contributed by atoms with Crippen LogP contribution in [0, 0.1) is 11.8 Å². The summed E-state index contributed by atoms with van der Waals surface area (Å²) in [5, 5.41) is 3.56. The van der Waals surface area contributed by atoms with Crippen LogP contribution in [0.5, 0.6) is 0 Å². The lowest BCUT2D eigenvalue weighted by atomic mass is 10.1. The second-order valence-corrected chi connectivity index (χ2v) is 5.04. The van der Waals surface area contributed by atoms with Gasteiger partial charge >= 0.3 is 0 Å². The van der Waals surface area contributed by atoms with Gasteiger partial charge in [0.1, 0.15) is 0 Å². The van der Waals surface area contributed by atoms with Crippen molar-refractivity contribution in [3.63, 3.8) is 0 Å². The van der Waals surface area contributed by atoms with E-state index in [0.29, 0.717) is 5.92 Å². The molecule has 0 heterocycles. The fraction of sp³-hybridized carbons (Fsp3) is 1.00. The van der Waals surface area contributed by atoms with Crippen LogP contribution < -0.4 is 5.32 Å². The van der Waals surface area contributed by atoms with Gasteiger partial charge in [0.2, 0.25) is 0 Å². The standard InChI is InChI=1S/C12H25NO/c1-10(2)9-14-7-6-13-12-5-4-11(3)8-12/h10-13H,4-9H2,1-3H3. The van der Waals surface area contributed by atoms with Gasteiger partial charge in [-0.25, -0.2) is 0 Å². The lowest BCUT2D eigenvalue weighted by Gasteiger charge is -2.12. The third kappa shape index (κ3) is 4.97. The minimum Gasteiger partial charge on any atom is -0.380 e. The van der Waals surface area contributed by atoms with E-state index >= 15 is 0 Å². The highest BCUT2D eigenvalue weighted by Crippen LogP contribution is 2.24. The Bertz CT molecular complexity index is 147. The molecular formula is C12H25NO. The van der Waals surface area contributed by atoms with Crippen molar-refractivity contribution in [2.24, 2.45) is 11.8 Å². The van der Waals surface area contributed by atoms with Gasteiger partial charge in [-0.05, 0) is 31.1 Å². The monoisotopic (exact) mass is 199 g/mol. The van der Waals surface area contributed by atoms with E-state index in [4.69, 9.17) is 4.74 Å². The van der Waals surface area contributed by atoms with E-state index in [0.717, 1.165) is 31.7 Å². The predicted octanol–water partition coefficient (Wildman–Crippen LogP) is 2.44. The Morgan fingerprint density at radius 3 is 2.71 bits per heavy atom.